The summed E-state index contributed by atoms with van der Waals surface area (Å²) in [5.41, 5.74) is 9.50. The second kappa shape index (κ2) is 9.32. The van der Waals surface area contributed by atoms with Crippen LogP contribution in [-0.4, -0.2) is 27.6 Å². The molecule has 0 radical (unpaired) electrons. The molecule has 1 aliphatic rings. The van der Waals surface area contributed by atoms with Crippen molar-refractivity contribution in [1.82, 2.24) is 19.9 Å². The van der Waals surface area contributed by atoms with Crippen molar-refractivity contribution in [2.45, 2.75) is 45.8 Å². The number of pyridine rings is 1. The summed E-state index contributed by atoms with van der Waals surface area (Å²) < 4.78 is 6.82. The number of ether oxygens (including phenoxy) is 1. The minimum atomic E-state index is -0.595. The lowest BCUT2D eigenvalue weighted by molar-refractivity contribution is -0.124. The lowest BCUT2D eigenvalue weighted by atomic mass is 10.1. The van der Waals surface area contributed by atoms with E-state index in [0.29, 0.717) is 43.3 Å². The predicted octanol–water partition coefficient (Wildman–Crippen LogP) is 2.26. The number of nitrogens with zero attached hydrogens (tertiary/aromatic N) is 3. The SMILES string of the molecule is COc1cc(C)cc(CNc2cnc3n(c2=O)C(C(=O)NCc2ccc(N)nc2C)CC3)c1. The van der Waals surface area contributed by atoms with E-state index in [9.17, 15) is 9.59 Å². The molecule has 9 heteroatoms. The molecule has 1 atom stereocenters. The number of methoxy groups -OCH3 is 1. The third kappa shape index (κ3) is 4.82. The first kappa shape index (κ1) is 22.3. The Morgan fingerprint density at radius 3 is 2.82 bits per heavy atom. The minimum Gasteiger partial charge on any atom is -0.497 e. The summed E-state index contributed by atoms with van der Waals surface area (Å²) in [5.74, 6) is 1.61. The van der Waals surface area contributed by atoms with E-state index in [1.165, 1.54) is 4.57 Å². The Morgan fingerprint density at radius 2 is 2.06 bits per heavy atom. The molecule has 0 fully saturated rings. The van der Waals surface area contributed by atoms with Gasteiger partial charge < -0.3 is 21.1 Å². The van der Waals surface area contributed by atoms with Crippen molar-refractivity contribution in [2.75, 3.05) is 18.2 Å². The van der Waals surface area contributed by atoms with Gasteiger partial charge in [-0.3, -0.25) is 14.2 Å². The van der Waals surface area contributed by atoms with Gasteiger partial charge in [0.1, 0.15) is 29.1 Å². The smallest absolute Gasteiger partial charge is 0.277 e. The van der Waals surface area contributed by atoms with Crippen LogP contribution in [0.2, 0.25) is 0 Å². The van der Waals surface area contributed by atoms with Crippen molar-refractivity contribution in [3.05, 3.63) is 75.1 Å². The first-order valence-electron chi connectivity index (χ1n) is 10.8. The van der Waals surface area contributed by atoms with Crippen LogP contribution in [0.25, 0.3) is 0 Å². The van der Waals surface area contributed by atoms with Crippen molar-refractivity contribution < 1.29 is 9.53 Å². The number of fused-ring (bicyclic) bond motifs is 1. The van der Waals surface area contributed by atoms with E-state index >= 15 is 0 Å². The zero-order valence-electron chi connectivity index (χ0n) is 19.0. The Kier molecular flexibility index (Phi) is 6.30. The second-order valence-electron chi connectivity index (χ2n) is 8.23. The molecule has 0 saturated carbocycles. The Bertz CT molecular complexity index is 1250. The van der Waals surface area contributed by atoms with Gasteiger partial charge in [-0.15, -0.1) is 0 Å². The van der Waals surface area contributed by atoms with Gasteiger partial charge in [-0.05, 0) is 55.2 Å². The number of aromatic nitrogens is 3. The van der Waals surface area contributed by atoms with Crippen molar-refractivity contribution in [3.8, 4) is 5.75 Å². The van der Waals surface area contributed by atoms with Crippen molar-refractivity contribution in [2.24, 2.45) is 0 Å². The molecule has 1 unspecified atom stereocenters. The fraction of sp³-hybridized carbons (Fsp3) is 0.333. The summed E-state index contributed by atoms with van der Waals surface area (Å²) in [6.45, 7) is 4.59. The Morgan fingerprint density at radius 1 is 1.24 bits per heavy atom. The van der Waals surface area contributed by atoms with Crippen LogP contribution < -0.4 is 26.7 Å². The largest absolute Gasteiger partial charge is 0.497 e. The highest BCUT2D eigenvalue weighted by Crippen LogP contribution is 2.24. The van der Waals surface area contributed by atoms with E-state index in [4.69, 9.17) is 10.5 Å². The molecule has 4 N–H and O–H groups in total. The molecule has 172 valence electrons. The summed E-state index contributed by atoms with van der Waals surface area (Å²) in [5, 5.41) is 6.09. The number of amides is 1. The van der Waals surface area contributed by atoms with Crippen LogP contribution in [0.15, 0.2) is 41.3 Å². The number of carbonyl (C=O) groups is 1. The van der Waals surface area contributed by atoms with E-state index in [1.807, 2.05) is 38.1 Å². The summed E-state index contributed by atoms with van der Waals surface area (Å²) in [6, 6.07) is 8.84. The molecule has 1 amide bonds. The monoisotopic (exact) mass is 448 g/mol. The van der Waals surface area contributed by atoms with Crippen LogP contribution in [0.3, 0.4) is 0 Å². The third-order valence-corrected chi connectivity index (χ3v) is 5.82. The van der Waals surface area contributed by atoms with E-state index in [2.05, 4.69) is 20.6 Å². The number of benzene rings is 1. The third-order valence-electron chi connectivity index (χ3n) is 5.82. The topological polar surface area (TPSA) is 124 Å². The van der Waals surface area contributed by atoms with Crippen LogP contribution in [0.5, 0.6) is 5.75 Å². The fourth-order valence-electron chi connectivity index (χ4n) is 4.11. The van der Waals surface area contributed by atoms with Gasteiger partial charge in [0.15, 0.2) is 0 Å². The van der Waals surface area contributed by atoms with Gasteiger partial charge in [0.2, 0.25) is 5.91 Å². The van der Waals surface area contributed by atoms with Gasteiger partial charge in [0.05, 0.1) is 13.3 Å². The zero-order valence-corrected chi connectivity index (χ0v) is 19.0. The Hall–Kier alpha value is -3.88. The minimum absolute atomic E-state index is 0.213. The lowest BCUT2D eigenvalue weighted by Crippen LogP contribution is -2.36. The van der Waals surface area contributed by atoms with Gasteiger partial charge >= 0.3 is 0 Å². The molecule has 4 rings (SSSR count). The normalized spacial score (nSPS) is 14.6. The molecule has 3 heterocycles. The van der Waals surface area contributed by atoms with Crippen LogP contribution in [-0.2, 0) is 24.3 Å². The average molecular weight is 449 g/mol. The highest BCUT2D eigenvalue weighted by Gasteiger charge is 2.31. The maximum Gasteiger partial charge on any atom is 0.277 e. The number of aryl methyl sites for hydroxylation is 3. The predicted molar refractivity (Wildman–Crippen MR) is 126 cm³/mol. The van der Waals surface area contributed by atoms with E-state index in [0.717, 1.165) is 28.1 Å². The van der Waals surface area contributed by atoms with Crippen LogP contribution in [0.1, 0.15) is 40.7 Å². The van der Waals surface area contributed by atoms with E-state index in [1.54, 1.807) is 19.4 Å². The fourth-order valence-corrected chi connectivity index (χ4v) is 4.11. The number of hydrogen-bond acceptors (Lipinski definition) is 7. The summed E-state index contributed by atoms with van der Waals surface area (Å²) in [7, 11) is 1.62. The lowest BCUT2D eigenvalue weighted by Gasteiger charge is -2.16. The van der Waals surface area contributed by atoms with E-state index < -0.39 is 6.04 Å². The van der Waals surface area contributed by atoms with Gasteiger partial charge in [0.25, 0.3) is 5.56 Å². The highest BCUT2D eigenvalue weighted by molar-refractivity contribution is 5.81. The van der Waals surface area contributed by atoms with Crippen LogP contribution >= 0.6 is 0 Å². The molecular weight excluding hydrogens is 420 g/mol. The average Bonchev–Trinajstić information content (AvgIpc) is 3.22. The number of nitrogens with one attached hydrogen (secondary N) is 2. The second-order valence-corrected chi connectivity index (χ2v) is 8.23. The van der Waals surface area contributed by atoms with Gasteiger partial charge in [0, 0.05) is 25.2 Å². The number of carbonyl (C=O) groups excluding carboxylic acids is 1. The van der Waals surface area contributed by atoms with Crippen molar-refractivity contribution in [3.63, 3.8) is 0 Å². The molecule has 3 aromatic rings. The Balaban J connectivity index is 1.48. The number of nitrogen functional groups attached to an aromatic ring is 1. The van der Waals surface area contributed by atoms with Gasteiger partial charge in [-0.2, -0.15) is 0 Å². The Labute approximate surface area is 192 Å². The van der Waals surface area contributed by atoms with Gasteiger partial charge in [-0.1, -0.05) is 12.1 Å². The first-order valence-corrected chi connectivity index (χ1v) is 10.8. The summed E-state index contributed by atoms with van der Waals surface area (Å²) >= 11 is 0. The van der Waals surface area contributed by atoms with Crippen LogP contribution in [0.4, 0.5) is 11.5 Å². The molecule has 1 aliphatic heterocycles. The standard InChI is InChI=1S/C24H28N6O3/c1-14-8-16(10-18(9-14)33-3)11-26-19-13-27-22-7-5-20(30(22)24(19)32)23(31)28-12-17-4-6-21(25)29-15(17)2/h4,6,8-10,13,20,26H,5,7,11-12H2,1-3H3,(H2,25,29)(H,28,31). The highest BCUT2D eigenvalue weighted by atomic mass is 16.5. The molecule has 0 bridgehead atoms. The van der Waals surface area contributed by atoms with E-state index in [-0.39, 0.29) is 11.5 Å². The molecule has 33 heavy (non-hydrogen) atoms. The van der Waals surface area contributed by atoms with Crippen molar-refractivity contribution >= 4 is 17.4 Å². The molecule has 9 nitrogen and oxygen atoms in total. The molecule has 1 aromatic carbocycles. The van der Waals surface area contributed by atoms with Crippen LogP contribution in [0, 0.1) is 13.8 Å². The number of anilines is 2. The first-order chi connectivity index (χ1) is 15.9. The maximum atomic E-state index is 13.2. The zero-order chi connectivity index (χ0) is 23.5. The quantitative estimate of drug-likeness (QED) is 0.506. The summed E-state index contributed by atoms with van der Waals surface area (Å²) in [6.07, 6.45) is 2.65. The number of rotatable bonds is 7. The maximum absolute atomic E-state index is 13.2. The van der Waals surface area contributed by atoms with Gasteiger partial charge in [-0.25, -0.2) is 9.97 Å². The molecule has 0 aliphatic carbocycles. The summed E-state index contributed by atoms with van der Waals surface area (Å²) in [4.78, 5) is 34.8. The number of nitrogens with two attached hydrogens (primary N) is 1. The molecular formula is C24H28N6O3. The number of hydrogen-bond donors (Lipinski definition) is 3. The van der Waals surface area contributed by atoms with Crippen molar-refractivity contribution in [1.29, 1.82) is 0 Å². The molecule has 2 aromatic heterocycles. The molecule has 0 saturated heterocycles. The molecule has 0 spiro atoms.